The van der Waals surface area contributed by atoms with Crippen LogP contribution in [0.3, 0.4) is 0 Å². The molecule has 1 atom stereocenters. The molecule has 0 spiro atoms. The lowest BCUT2D eigenvalue weighted by molar-refractivity contribution is -0.136. The van der Waals surface area contributed by atoms with E-state index >= 15 is 0 Å². The second-order valence-electron chi connectivity index (χ2n) is 5.48. The van der Waals surface area contributed by atoms with Crippen molar-refractivity contribution in [1.82, 2.24) is 20.4 Å². The molecule has 20 heavy (non-hydrogen) atoms. The maximum atomic E-state index is 11.8. The molecule has 112 valence electrons. The average Bonchev–Trinajstić information content (AvgIpc) is 2.74. The van der Waals surface area contributed by atoms with Crippen molar-refractivity contribution in [1.29, 1.82) is 0 Å². The van der Waals surface area contributed by atoms with Crippen LogP contribution in [0.1, 0.15) is 19.8 Å². The van der Waals surface area contributed by atoms with Gasteiger partial charge in [-0.2, -0.15) is 0 Å². The molecule has 2 heterocycles. The number of rotatable bonds is 4. The molecule has 2 fully saturated rings. The van der Waals surface area contributed by atoms with Gasteiger partial charge >= 0.3 is 0 Å². The Bertz CT molecular complexity index is 399. The van der Waals surface area contributed by atoms with Gasteiger partial charge in [-0.3, -0.25) is 24.6 Å². The van der Waals surface area contributed by atoms with Crippen molar-refractivity contribution in [3.8, 4) is 0 Å². The average molecular weight is 282 g/mol. The third-order valence-corrected chi connectivity index (χ3v) is 3.60. The van der Waals surface area contributed by atoms with Gasteiger partial charge in [-0.05, 0) is 13.3 Å². The monoisotopic (exact) mass is 282 g/mol. The van der Waals surface area contributed by atoms with Crippen molar-refractivity contribution in [3.63, 3.8) is 0 Å². The second-order valence-corrected chi connectivity index (χ2v) is 5.48. The molecule has 0 bridgehead atoms. The SMILES string of the molecule is C[C@H]1CN(CC(=O)NC(=O)CN2CCCC2=O)CCN1. The first-order valence-corrected chi connectivity index (χ1v) is 7.11. The van der Waals surface area contributed by atoms with Crippen molar-refractivity contribution < 1.29 is 14.4 Å². The molecule has 0 aromatic rings. The normalized spacial score (nSPS) is 23.9. The highest BCUT2D eigenvalue weighted by Gasteiger charge is 2.24. The Kier molecular flexibility index (Phi) is 5.08. The van der Waals surface area contributed by atoms with Crippen molar-refractivity contribution >= 4 is 17.7 Å². The van der Waals surface area contributed by atoms with E-state index in [4.69, 9.17) is 0 Å². The molecule has 0 unspecified atom stereocenters. The zero-order chi connectivity index (χ0) is 14.5. The molecular weight excluding hydrogens is 260 g/mol. The summed E-state index contributed by atoms with van der Waals surface area (Å²) in [5.41, 5.74) is 0. The molecule has 7 nitrogen and oxygen atoms in total. The van der Waals surface area contributed by atoms with Crippen LogP contribution in [0, 0.1) is 0 Å². The van der Waals surface area contributed by atoms with E-state index in [9.17, 15) is 14.4 Å². The van der Waals surface area contributed by atoms with Crippen LogP contribution < -0.4 is 10.6 Å². The summed E-state index contributed by atoms with van der Waals surface area (Å²) in [5, 5.41) is 5.65. The number of hydrogen-bond acceptors (Lipinski definition) is 5. The van der Waals surface area contributed by atoms with Gasteiger partial charge in [0.15, 0.2) is 0 Å². The fourth-order valence-electron chi connectivity index (χ4n) is 2.64. The van der Waals surface area contributed by atoms with Gasteiger partial charge in [0.05, 0.1) is 13.1 Å². The summed E-state index contributed by atoms with van der Waals surface area (Å²) in [6.45, 7) is 5.34. The summed E-state index contributed by atoms with van der Waals surface area (Å²) in [7, 11) is 0. The minimum Gasteiger partial charge on any atom is -0.333 e. The third-order valence-electron chi connectivity index (χ3n) is 3.60. The first kappa shape index (κ1) is 14.9. The Morgan fingerprint density at radius 3 is 2.70 bits per heavy atom. The zero-order valence-electron chi connectivity index (χ0n) is 11.9. The number of imide groups is 1. The summed E-state index contributed by atoms with van der Waals surface area (Å²) >= 11 is 0. The van der Waals surface area contributed by atoms with Crippen LogP contribution in [-0.4, -0.2) is 72.8 Å². The predicted molar refractivity (Wildman–Crippen MR) is 72.9 cm³/mol. The molecule has 2 aliphatic rings. The van der Waals surface area contributed by atoms with Crippen LogP contribution in [0.5, 0.6) is 0 Å². The van der Waals surface area contributed by atoms with E-state index in [0.29, 0.717) is 19.0 Å². The van der Waals surface area contributed by atoms with Crippen LogP contribution >= 0.6 is 0 Å². The Morgan fingerprint density at radius 2 is 2.05 bits per heavy atom. The van der Waals surface area contributed by atoms with Crippen molar-refractivity contribution in [2.24, 2.45) is 0 Å². The van der Waals surface area contributed by atoms with Crippen molar-refractivity contribution in [2.75, 3.05) is 39.3 Å². The molecule has 0 saturated carbocycles. The number of piperazine rings is 1. The maximum Gasteiger partial charge on any atom is 0.246 e. The van der Waals surface area contributed by atoms with Crippen molar-refractivity contribution in [2.45, 2.75) is 25.8 Å². The topological polar surface area (TPSA) is 81.8 Å². The van der Waals surface area contributed by atoms with E-state index in [1.807, 2.05) is 4.90 Å². The standard InChI is InChI=1S/C13H22N4O3/c1-10-7-16(6-4-14-10)8-11(18)15-12(19)9-17-5-2-3-13(17)20/h10,14H,2-9H2,1H3,(H,15,18,19)/t10-/m0/s1. The van der Waals surface area contributed by atoms with Gasteiger partial charge in [0.25, 0.3) is 0 Å². The third kappa shape index (κ3) is 4.28. The largest absolute Gasteiger partial charge is 0.333 e. The first-order valence-electron chi connectivity index (χ1n) is 7.11. The Labute approximate surface area is 118 Å². The summed E-state index contributed by atoms with van der Waals surface area (Å²) in [6, 6.07) is 0.356. The molecule has 3 amide bonds. The van der Waals surface area contributed by atoms with Crippen LogP contribution in [0.4, 0.5) is 0 Å². The van der Waals surface area contributed by atoms with Crippen LogP contribution in [-0.2, 0) is 14.4 Å². The summed E-state index contributed by atoms with van der Waals surface area (Å²) < 4.78 is 0. The number of amides is 3. The predicted octanol–water partition coefficient (Wildman–Crippen LogP) is -1.45. The lowest BCUT2D eigenvalue weighted by Crippen LogP contribution is -2.52. The van der Waals surface area contributed by atoms with Gasteiger partial charge in [-0.1, -0.05) is 0 Å². The summed E-state index contributed by atoms with van der Waals surface area (Å²) in [6.07, 6.45) is 1.29. The van der Waals surface area contributed by atoms with Gasteiger partial charge in [-0.15, -0.1) is 0 Å². The number of likely N-dealkylation sites (tertiary alicyclic amines) is 1. The minimum atomic E-state index is -0.395. The van der Waals surface area contributed by atoms with E-state index < -0.39 is 5.91 Å². The molecule has 2 aliphatic heterocycles. The number of carbonyl (C=O) groups is 3. The number of hydrogen-bond donors (Lipinski definition) is 2. The van der Waals surface area contributed by atoms with E-state index in [1.165, 1.54) is 4.90 Å². The van der Waals surface area contributed by atoms with E-state index in [0.717, 1.165) is 26.1 Å². The molecule has 2 rings (SSSR count). The van der Waals surface area contributed by atoms with Gasteiger partial charge in [-0.25, -0.2) is 0 Å². The molecule has 0 aliphatic carbocycles. The van der Waals surface area contributed by atoms with Gasteiger partial charge < -0.3 is 10.2 Å². The zero-order valence-corrected chi connectivity index (χ0v) is 11.9. The van der Waals surface area contributed by atoms with Crippen LogP contribution in [0.15, 0.2) is 0 Å². The van der Waals surface area contributed by atoms with Gasteiger partial charge in [0.2, 0.25) is 17.7 Å². The lowest BCUT2D eigenvalue weighted by atomic mass is 10.2. The van der Waals surface area contributed by atoms with E-state index in [2.05, 4.69) is 17.6 Å². The Balaban J connectivity index is 1.70. The molecular formula is C13H22N4O3. The molecule has 2 saturated heterocycles. The van der Waals surface area contributed by atoms with Gasteiger partial charge in [0.1, 0.15) is 0 Å². The lowest BCUT2D eigenvalue weighted by Gasteiger charge is -2.31. The highest BCUT2D eigenvalue weighted by molar-refractivity contribution is 5.98. The Morgan fingerprint density at radius 1 is 1.30 bits per heavy atom. The van der Waals surface area contributed by atoms with E-state index in [-0.39, 0.29) is 24.9 Å². The first-order chi connectivity index (χ1) is 9.54. The molecule has 0 radical (unpaired) electrons. The highest BCUT2D eigenvalue weighted by atomic mass is 16.2. The second kappa shape index (κ2) is 6.81. The summed E-state index contributed by atoms with van der Waals surface area (Å²) in [4.78, 5) is 38.4. The number of nitrogens with zero attached hydrogens (tertiary/aromatic N) is 2. The molecule has 2 N–H and O–H groups in total. The van der Waals surface area contributed by atoms with Crippen LogP contribution in [0.25, 0.3) is 0 Å². The number of carbonyl (C=O) groups excluding carboxylic acids is 3. The number of nitrogens with one attached hydrogen (secondary N) is 2. The fourth-order valence-corrected chi connectivity index (χ4v) is 2.64. The smallest absolute Gasteiger partial charge is 0.246 e. The molecule has 0 aromatic heterocycles. The highest BCUT2D eigenvalue weighted by Crippen LogP contribution is 2.08. The quantitative estimate of drug-likeness (QED) is 0.659. The van der Waals surface area contributed by atoms with Crippen molar-refractivity contribution in [3.05, 3.63) is 0 Å². The fraction of sp³-hybridized carbons (Fsp3) is 0.769. The maximum absolute atomic E-state index is 11.8. The Hall–Kier alpha value is -1.47. The van der Waals surface area contributed by atoms with E-state index in [1.54, 1.807) is 0 Å². The molecule has 7 heteroatoms. The minimum absolute atomic E-state index is 0.0106. The molecule has 0 aromatic carbocycles. The summed E-state index contributed by atoms with van der Waals surface area (Å²) in [5.74, 6) is -0.701. The van der Waals surface area contributed by atoms with Crippen LogP contribution in [0.2, 0.25) is 0 Å². The van der Waals surface area contributed by atoms with Gasteiger partial charge in [0, 0.05) is 38.6 Å².